The molecule has 166 valence electrons. The normalized spacial score (nSPS) is 18.0. The Bertz CT molecular complexity index is 1130. The summed E-state index contributed by atoms with van der Waals surface area (Å²) >= 11 is 0.734. The Hall–Kier alpha value is -3.44. The van der Waals surface area contributed by atoms with Gasteiger partial charge in [-0.2, -0.15) is 0 Å². The fourth-order valence-electron chi connectivity index (χ4n) is 3.38. The molecule has 3 amide bonds. The number of ether oxygens (including phenoxy) is 1. The number of aryl methyl sites for hydroxylation is 1. The van der Waals surface area contributed by atoms with Crippen LogP contribution in [0.1, 0.15) is 11.3 Å². The van der Waals surface area contributed by atoms with Crippen molar-refractivity contribution in [3.63, 3.8) is 0 Å². The van der Waals surface area contributed by atoms with E-state index in [2.05, 4.69) is 0 Å². The predicted molar refractivity (Wildman–Crippen MR) is 116 cm³/mol. The monoisotopic (exact) mass is 457 g/mol. The summed E-state index contributed by atoms with van der Waals surface area (Å²) in [5, 5.41) is 10.5. The lowest BCUT2D eigenvalue weighted by Crippen LogP contribution is -2.46. The molecule has 0 radical (unpaired) electrons. The number of carbonyl (C=O) groups is 3. The molecule has 11 heteroatoms. The van der Waals surface area contributed by atoms with E-state index in [0.29, 0.717) is 43.4 Å². The standard InChI is InChI=1S/C21H19N3O7S/c1-13-2-3-14(24(28)29)10-16(13)17-5-4-15(31-17)11-18-20(26)23(21(27)32-18)12-19(25)22-6-8-30-9-7-22/h2-5,10-11H,6-9,12H2,1H3/b18-11+. The lowest BCUT2D eigenvalue weighted by atomic mass is 10.1. The van der Waals surface area contributed by atoms with E-state index in [0.717, 1.165) is 22.2 Å². The molecule has 2 aliphatic heterocycles. The molecule has 1 aromatic carbocycles. The number of nitrogens with zero attached hydrogens (tertiary/aromatic N) is 3. The molecule has 0 bridgehead atoms. The lowest BCUT2D eigenvalue weighted by Gasteiger charge is -2.27. The van der Waals surface area contributed by atoms with Gasteiger partial charge < -0.3 is 14.1 Å². The van der Waals surface area contributed by atoms with Crippen LogP contribution in [-0.4, -0.2) is 64.6 Å². The first-order valence-corrected chi connectivity index (χ1v) is 10.6. The largest absolute Gasteiger partial charge is 0.457 e. The van der Waals surface area contributed by atoms with Crippen LogP contribution >= 0.6 is 11.8 Å². The maximum Gasteiger partial charge on any atom is 0.294 e. The highest BCUT2D eigenvalue weighted by Gasteiger charge is 2.37. The first kappa shape index (κ1) is 21.8. The van der Waals surface area contributed by atoms with Crippen molar-refractivity contribution in [2.24, 2.45) is 0 Å². The summed E-state index contributed by atoms with van der Waals surface area (Å²) in [7, 11) is 0. The Labute approximate surface area is 186 Å². The van der Waals surface area contributed by atoms with Crippen molar-refractivity contribution in [2.75, 3.05) is 32.8 Å². The molecule has 10 nitrogen and oxygen atoms in total. The number of hydrogen-bond acceptors (Lipinski definition) is 8. The summed E-state index contributed by atoms with van der Waals surface area (Å²) in [5.74, 6) is -0.153. The Morgan fingerprint density at radius 2 is 1.97 bits per heavy atom. The number of non-ortho nitro benzene ring substituents is 1. The molecule has 32 heavy (non-hydrogen) atoms. The highest BCUT2D eigenvalue weighted by atomic mass is 32.2. The first-order valence-electron chi connectivity index (χ1n) is 9.79. The molecule has 2 fully saturated rings. The minimum atomic E-state index is -0.564. The molecule has 0 spiro atoms. The van der Waals surface area contributed by atoms with Gasteiger partial charge in [0, 0.05) is 36.9 Å². The molecule has 2 saturated heterocycles. The van der Waals surface area contributed by atoms with Crippen molar-refractivity contribution >= 4 is 40.6 Å². The zero-order valence-electron chi connectivity index (χ0n) is 17.1. The third kappa shape index (κ3) is 4.43. The fourth-order valence-corrected chi connectivity index (χ4v) is 4.20. The number of furan rings is 1. The van der Waals surface area contributed by atoms with Crippen molar-refractivity contribution in [3.8, 4) is 11.3 Å². The van der Waals surface area contributed by atoms with Gasteiger partial charge in [-0.05, 0) is 36.4 Å². The zero-order valence-corrected chi connectivity index (χ0v) is 17.9. The Morgan fingerprint density at radius 1 is 1.22 bits per heavy atom. The second kappa shape index (κ2) is 8.97. The van der Waals surface area contributed by atoms with Crippen molar-refractivity contribution < 1.29 is 28.5 Å². The minimum absolute atomic E-state index is 0.0606. The minimum Gasteiger partial charge on any atom is -0.457 e. The summed E-state index contributed by atoms with van der Waals surface area (Å²) in [6, 6.07) is 7.72. The number of imide groups is 1. The van der Waals surface area contributed by atoms with E-state index in [-0.39, 0.29) is 23.0 Å². The number of nitro groups is 1. The number of rotatable bonds is 5. The summed E-state index contributed by atoms with van der Waals surface area (Å²) in [6.07, 6.45) is 1.43. The van der Waals surface area contributed by atoms with Crippen LogP contribution in [0.3, 0.4) is 0 Å². The summed E-state index contributed by atoms with van der Waals surface area (Å²) in [6.45, 7) is 3.20. The van der Waals surface area contributed by atoms with Crippen LogP contribution in [0.4, 0.5) is 10.5 Å². The van der Waals surface area contributed by atoms with Crippen LogP contribution in [0.15, 0.2) is 39.7 Å². The zero-order chi connectivity index (χ0) is 22.8. The van der Waals surface area contributed by atoms with Crippen molar-refractivity contribution in [2.45, 2.75) is 6.92 Å². The van der Waals surface area contributed by atoms with E-state index in [1.807, 2.05) is 0 Å². The predicted octanol–water partition coefficient (Wildman–Crippen LogP) is 3.06. The van der Waals surface area contributed by atoms with E-state index in [1.54, 1.807) is 30.0 Å². The molecule has 0 unspecified atom stereocenters. The highest BCUT2D eigenvalue weighted by molar-refractivity contribution is 8.18. The molecule has 0 saturated carbocycles. The van der Waals surface area contributed by atoms with E-state index >= 15 is 0 Å². The number of nitro benzene ring substituents is 1. The lowest BCUT2D eigenvalue weighted by molar-refractivity contribution is -0.384. The quantitative estimate of drug-likeness (QED) is 0.381. The Kier molecular flexibility index (Phi) is 6.10. The maximum absolute atomic E-state index is 12.7. The van der Waals surface area contributed by atoms with Crippen molar-refractivity contribution in [1.29, 1.82) is 0 Å². The van der Waals surface area contributed by atoms with Gasteiger partial charge in [0.15, 0.2) is 0 Å². The summed E-state index contributed by atoms with van der Waals surface area (Å²) in [4.78, 5) is 50.6. The Morgan fingerprint density at radius 3 is 2.69 bits per heavy atom. The van der Waals surface area contributed by atoms with E-state index in [9.17, 15) is 24.5 Å². The Balaban J connectivity index is 1.50. The number of thioether (sulfide) groups is 1. The fraction of sp³-hybridized carbons (Fsp3) is 0.286. The average Bonchev–Trinajstić information content (AvgIpc) is 3.34. The van der Waals surface area contributed by atoms with Crippen LogP contribution in [0.5, 0.6) is 0 Å². The van der Waals surface area contributed by atoms with Crippen LogP contribution in [0.2, 0.25) is 0 Å². The first-order chi connectivity index (χ1) is 15.3. The van der Waals surface area contributed by atoms with E-state index < -0.39 is 16.1 Å². The van der Waals surface area contributed by atoms with Gasteiger partial charge in [0.25, 0.3) is 16.8 Å². The topological polar surface area (TPSA) is 123 Å². The number of amides is 3. The SMILES string of the molecule is Cc1ccc([N+](=O)[O-])cc1-c1ccc(/C=C2/SC(=O)N(CC(=O)N3CCOCC3)C2=O)o1. The molecular formula is C21H19N3O7S. The van der Waals surface area contributed by atoms with Gasteiger partial charge in [-0.15, -0.1) is 0 Å². The van der Waals surface area contributed by atoms with Gasteiger partial charge in [-0.1, -0.05) is 6.07 Å². The number of hydrogen-bond donors (Lipinski definition) is 0. The van der Waals surface area contributed by atoms with Crippen LogP contribution in [-0.2, 0) is 14.3 Å². The van der Waals surface area contributed by atoms with Crippen LogP contribution < -0.4 is 0 Å². The second-order valence-electron chi connectivity index (χ2n) is 7.22. The second-order valence-corrected chi connectivity index (χ2v) is 8.21. The summed E-state index contributed by atoms with van der Waals surface area (Å²) < 4.78 is 11.0. The molecule has 2 aliphatic rings. The van der Waals surface area contributed by atoms with Crippen molar-refractivity contribution in [3.05, 3.63) is 56.7 Å². The van der Waals surface area contributed by atoms with Gasteiger partial charge in [0.2, 0.25) is 5.91 Å². The third-order valence-electron chi connectivity index (χ3n) is 5.13. The molecule has 0 atom stereocenters. The van der Waals surface area contributed by atoms with Crippen LogP contribution in [0, 0.1) is 17.0 Å². The summed E-state index contributed by atoms with van der Waals surface area (Å²) in [5.41, 5.74) is 1.29. The van der Waals surface area contributed by atoms with Gasteiger partial charge in [0.05, 0.1) is 23.0 Å². The van der Waals surface area contributed by atoms with E-state index in [1.165, 1.54) is 18.2 Å². The van der Waals surface area contributed by atoms with Crippen LogP contribution in [0.25, 0.3) is 17.4 Å². The molecule has 0 N–H and O–H groups in total. The average molecular weight is 457 g/mol. The maximum atomic E-state index is 12.7. The van der Waals surface area contributed by atoms with Gasteiger partial charge >= 0.3 is 0 Å². The van der Waals surface area contributed by atoms with E-state index in [4.69, 9.17) is 9.15 Å². The number of morpholine rings is 1. The smallest absolute Gasteiger partial charge is 0.294 e. The molecule has 2 aromatic rings. The van der Waals surface area contributed by atoms with Gasteiger partial charge in [0.1, 0.15) is 18.1 Å². The molecule has 0 aliphatic carbocycles. The van der Waals surface area contributed by atoms with Gasteiger partial charge in [-0.25, -0.2) is 0 Å². The van der Waals surface area contributed by atoms with Crippen molar-refractivity contribution in [1.82, 2.24) is 9.80 Å². The third-order valence-corrected chi connectivity index (χ3v) is 6.04. The number of benzene rings is 1. The molecule has 1 aromatic heterocycles. The molecule has 3 heterocycles. The number of carbonyl (C=O) groups excluding carboxylic acids is 3. The highest BCUT2D eigenvalue weighted by Crippen LogP contribution is 2.34. The molecular weight excluding hydrogens is 438 g/mol. The molecule has 4 rings (SSSR count). The van der Waals surface area contributed by atoms with Gasteiger partial charge in [-0.3, -0.25) is 29.4 Å².